The number of furan rings is 1. The van der Waals surface area contributed by atoms with Crippen LogP contribution in [0, 0.1) is 6.92 Å². The molecule has 4 aromatic rings. The summed E-state index contributed by atoms with van der Waals surface area (Å²) < 4.78 is 5.39. The van der Waals surface area contributed by atoms with E-state index in [1.165, 1.54) is 27.4 Å². The van der Waals surface area contributed by atoms with Gasteiger partial charge in [-0.2, -0.15) is 0 Å². The summed E-state index contributed by atoms with van der Waals surface area (Å²) in [6.45, 7) is 1.91. The van der Waals surface area contributed by atoms with E-state index in [1.807, 2.05) is 54.8 Å². The number of nitrogens with zero attached hydrogens (tertiary/aromatic N) is 1. The Kier molecular flexibility index (Phi) is 7.70. The second-order valence-electron chi connectivity index (χ2n) is 9.34. The van der Waals surface area contributed by atoms with E-state index in [0.717, 1.165) is 24.8 Å². The second kappa shape index (κ2) is 11.5. The van der Waals surface area contributed by atoms with Crippen LogP contribution in [0.2, 0.25) is 0 Å². The van der Waals surface area contributed by atoms with Crippen LogP contribution in [0.15, 0.2) is 82.8 Å². The Balaban J connectivity index is 1.49. The summed E-state index contributed by atoms with van der Waals surface area (Å²) in [6.07, 6.45) is 4.55. The molecule has 0 spiro atoms. The van der Waals surface area contributed by atoms with E-state index in [2.05, 4.69) is 10.6 Å². The standard InChI is InChI=1S/C30H29N3O4S/c1-20-9-11-22(12-10-20)28(30(36)31-18-25-7-3-15-37-25)33(24-14-13-21-5-2-6-23(21)17-24)27(34)19-32-29(35)26-8-4-16-38-26/h3-4,7-17,28H,2,5-6,18-19H2,1H3,(H,31,36)(H,32,35). The van der Waals surface area contributed by atoms with Gasteiger partial charge in [-0.15, -0.1) is 11.3 Å². The highest BCUT2D eigenvalue weighted by atomic mass is 32.1. The summed E-state index contributed by atoms with van der Waals surface area (Å²) >= 11 is 1.31. The summed E-state index contributed by atoms with van der Waals surface area (Å²) in [4.78, 5) is 42.3. The highest BCUT2D eigenvalue weighted by molar-refractivity contribution is 7.12. The van der Waals surface area contributed by atoms with Gasteiger partial charge in [-0.3, -0.25) is 19.3 Å². The van der Waals surface area contributed by atoms with Crippen molar-refractivity contribution in [1.82, 2.24) is 10.6 Å². The first kappa shape index (κ1) is 25.5. The molecule has 2 aromatic heterocycles. The monoisotopic (exact) mass is 527 g/mol. The molecule has 2 heterocycles. The number of hydrogen-bond donors (Lipinski definition) is 2. The lowest BCUT2D eigenvalue weighted by atomic mass is 10.0. The van der Waals surface area contributed by atoms with Crippen LogP contribution < -0.4 is 15.5 Å². The molecule has 0 saturated heterocycles. The summed E-state index contributed by atoms with van der Waals surface area (Å²) in [5.41, 5.74) is 4.79. The number of fused-ring (bicyclic) bond motifs is 1. The van der Waals surface area contributed by atoms with Crippen LogP contribution in [0.25, 0.3) is 0 Å². The van der Waals surface area contributed by atoms with Crippen LogP contribution >= 0.6 is 11.3 Å². The molecule has 1 atom stereocenters. The number of benzene rings is 2. The number of aryl methyl sites for hydroxylation is 3. The van der Waals surface area contributed by atoms with E-state index in [9.17, 15) is 14.4 Å². The molecule has 3 amide bonds. The summed E-state index contributed by atoms with van der Waals surface area (Å²) in [6, 6.07) is 19.6. The van der Waals surface area contributed by atoms with Gasteiger partial charge in [-0.05, 0) is 78.6 Å². The molecule has 0 aliphatic heterocycles. The Morgan fingerprint density at radius 3 is 2.53 bits per heavy atom. The van der Waals surface area contributed by atoms with Gasteiger partial charge in [0.25, 0.3) is 5.91 Å². The normalized spacial score (nSPS) is 13.0. The molecule has 2 aromatic carbocycles. The third kappa shape index (κ3) is 5.70. The van der Waals surface area contributed by atoms with E-state index in [0.29, 0.717) is 21.9 Å². The van der Waals surface area contributed by atoms with Gasteiger partial charge in [0, 0.05) is 5.69 Å². The summed E-state index contributed by atoms with van der Waals surface area (Å²) in [7, 11) is 0. The van der Waals surface area contributed by atoms with Crippen molar-refractivity contribution in [2.45, 2.75) is 38.8 Å². The van der Waals surface area contributed by atoms with Gasteiger partial charge in [-0.1, -0.05) is 42.0 Å². The van der Waals surface area contributed by atoms with Crippen molar-refractivity contribution in [3.05, 3.63) is 111 Å². The van der Waals surface area contributed by atoms with E-state index in [4.69, 9.17) is 4.42 Å². The predicted octanol–water partition coefficient (Wildman–Crippen LogP) is 4.96. The Hall–Kier alpha value is -4.17. The molecule has 194 valence electrons. The van der Waals surface area contributed by atoms with Gasteiger partial charge in [0.1, 0.15) is 11.8 Å². The van der Waals surface area contributed by atoms with Crippen LogP contribution in [-0.4, -0.2) is 24.3 Å². The predicted molar refractivity (Wildman–Crippen MR) is 147 cm³/mol. The second-order valence-corrected chi connectivity index (χ2v) is 10.3. The molecule has 0 radical (unpaired) electrons. The van der Waals surface area contributed by atoms with Crippen molar-refractivity contribution in [1.29, 1.82) is 0 Å². The van der Waals surface area contributed by atoms with Crippen LogP contribution in [0.3, 0.4) is 0 Å². The van der Waals surface area contributed by atoms with Gasteiger partial charge in [0.2, 0.25) is 11.8 Å². The number of hydrogen-bond acceptors (Lipinski definition) is 5. The third-order valence-electron chi connectivity index (χ3n) is 6.69. The molecule has 5 rings (SSSR count). The number of thiophene rings is 1. The highest BCUT2D eigenvalue weighted by Crippen LogP contribution is 2.32. The number of rotatable bonds is 9. The lowest BCUT2D eigenvalue weighted by Gasteiger charge is -2.32. The van der Waals surface area contributed by atoms with Crippen molar-refractivity contribution in [2.75, 3.05) is 11.4 Å². The highest BCUT2D eigenvalue weighted by Gasteiger charge is 2.33. The molecule has 1 unspecified atom stereocenters. The zero-order valence-electron chi connectivity index (χ0n) is 21.1. The smallest absolute Gasteiger partial charge is 0.261 e. The number of amides is 3. The fraction of sp³-hybridized carbons (Fsp3) is 0.233. The van der Waals surface area contributed by atoms with Gasteiger partial charge in [0.15, 0.2) is 0 Å². The molecule has 38 heavy (non-hydrogen) atoms. The lowest BCUT2D eigenvalue weighted by molar-refractivity contribution is -0.126. The first-order chi connectivity index (χ1) is 18.5. The van der Waals surface area contributed by atoms with Crippen molar-refractivity contribution in [2.24, 2.45) is 0 Å². The molecule has 7 nitrogen and oxygen atoms in total. The molecule has 1 aliphatic rings. The number of carbonyl (C=O) groups is 3. The van der Waals surface area contributed by atoms with E-state index >= 15 is 0 Å². The average Bonchev–Trinajstić information content (AvgIpc) is 3.72. The van der Waals surface area contributed by atoms with Gasteiger partial charge in [0.05, 0.1) is 24.2 Å². The number of nitrogens with one attached hydrogen (secondary N) is 2. The van der Waals surface area contributed by atoms with Crippen LogP contribution in [0.5, 0.6) is 0 Å². The zero-order valence-corrected chi connectivity index (χ0v) is 21.9. The Labute approximate surface area is 225 Å². The van der Waals surface area contributed by atoms with Gasteiger partial charge >= 0.3 is 0 Å². The number of carbonyl (C=O) groups excluding carboxylic acids is 3. The first-order valence-electron chi connectivity index (χ1n) is 12.6. The molecule has 0 saturated carbocycles. The van der Waals surface area contributed by atoms with Crippen LogP contribution in [-0.2, 0) is 29.0 Å². The quantitative estimate of drug-likeness (QED) is 0.322. The molecular formula is C30H29N3O4S. The van der Waals surface area contributed by atoms with E-state index in [1.54, 1.807) is 30.5 Å². The van der Waals surface area contributed by atoms with Crippen LogP contribution in [0.4, 0.5) is 5.69 Å². The van der Waals surface area contributed by atoms with Crippen molar-refractivity contribution in [3.8, 4) is 0 Å². The minimum absolute atomic E-state index is 0.190. The van der Waals surface area contributed by atoms with Crippen molar-refractivity contribution in [3.63, 3.8) is 0 Å². The summed E-state index contributed by atoms with van der Waals surface area (Å²) in [5, 5.41) is 7.47. The fourth-order valence-electron chi connectivity index (χ4n) is 4.73. The molecule has 8 heteroatoms. The van der Waals surface area contributed by atoms with E-state index < -0.39 is 6.04 Å². The van der Waals surface area contributed by atoms with Crippen LogP contribution in [0.1, 0.15) is 50.1 Å². The minimum Gasteiger partial charge on any atom is -0.467 e. The van der Waals surface area contributed by atoms with Crippen molar-refractivity contribution >= 4 is 34.7 Å². The lowest BCUT2D eigenvalue weighted by Crippen LogP contribution is -2.47. The largest absolute Gasteiger partial charge is 0.467 e. The summed E-state index contributed by atoms with van der Waals surface area (Å²) in [5.74, 6) is -0.439. The topological polar surface area (TPSA) is 91.7 Å². The van der Waals surface area contributed by atoms with Gasteiger partial charge in [-0.25, -0.2) is 0 Å². The average molecular weight is 528 g/mol. The third-order valence-corrected chi connectivity index (χ3v) is 7.56. The van der Waals surface area contributed by atoms with E-state index in [-0.39, 0.29) is 30.8 Å². The molecule has 0 bridgehead atoms. The maximum absolute atomic E-state index is 13.9. The minimum atomic E-state index is -0.948. The zero-order chi connectivity index (χ0) is 26.5. The van der Waals surface area contributed by atoms with Crippen molar-refractivity contribution < 1.29 is 18.8 Å². The molecule has 0 fully saturated rings. The Bertz CT molecular complexity index is 1410. The fourth-order valence-corrected chi connectivity index (χ4v) is 5.37. The molecule has 2 N–H and O–H groups in total. The SMILES string of the molecule is Cc1ccc(C(C(=O)NCc2ccco2)N(C(=O)CNC(=O)c2cccs2)c2ccc3c(c2)CCC3)cc1. The van der Waals surface area contributed by atoms with Gasteiger partial charge < -0.3 is 15.1 Å². The maximum atomic E-state index is 13.9. The molecular weight excluding hydrogens is 498 g/mol. The first-order valence-corrected chi connectivity index (χ1v) is 13.5. The maximum Gasteiger partial charge on any atom is 0.261 e. The molecule has 1 aliphatic carbocycles. The number of anilines is 1. The Morgan fingerprint density at radius 2 is 1.79 bits per heavy atom. The Morgan fingerprint density at radius 1 is 0.974 bits per heavy atom.